The van der Waals surface area contributed by atoms with Gasteiger partial charge in [0.25, 0.3) is 0 Å². The summed E-state index contributed by atoms with van der Waals surface area (Å²) < 4.78 is 0. The molecule has 2 amide bonds. The second kappa shape index (κ2) is 6.94. The second-order valence-corrected chi connectivity index (χ2v) is 6.15. The van der Waals surface area contributed by atoms with Gasteiger partial charge in [-0.1, -0.05) is 29.8 Å². The highest BCUT2D eigenvalue weighted by Gasteiger charge is 2.24. The molecule has 4 heteroatoms. The van der Waals surface area contributed by atoms with Crippen LogP contribution in [0, 0.1) is 6.92 Å². The van der Waals surface area contributed by atoms with E-state index in [0.717, 1.165) is 31.2 Å². The van der Waals surface area contributed by atoms with Gasteiger partial charge in [0, 0.05) is 13.1 Å². The predicted octanol–water partition coefficient (Wildman–Crippen LogP) is 3.00. The summed E-state index contributed by atoms with van der Waals surface area (Å²) in [5, 5.41) is 12.6. The molecule has 0 heterocycles. The molecule has 2 N–H and O–H groups in total. The molecule has 1 aliphatic carbocycles. The van der Waals surface area contributed by atoms with E-state index >= 15 is 0 Å². The number of carbonyl (C=O) groups excluding carboxylic acids is 1. The molecule has 0 radical (unpaired) electrons. The van der Waals surface area contributed by atoms with Crippen LogP contribution in [0.1, 0.15) is 49.8 Å². The Labute approximate surface area is 127 Å². The number of nitrogens with zero attached hydrogens (tertiary/aromatic N) is 1. The molecule has 0 aromatic heterocycles. The molecule has 0 spiro atoms. The summed E-state index contributed by atoms with van der Waals surface area (Å²) in [5.41, 5.74) is 2.36. The van der Waals surface area contributed by atoms with Gasteiger partial charge in [-0.2, -0.15) is 0 Å². The average molecular weight is 290 g/mol. The minimum Gasteiger partial charge on any atom is -0.393 e. The van der Waals surface area contributed by atoms with Gasteiger partial charge < -0.3 is 15.3 Å². The van der Waals surface area contributed by atoms with Crippen molar-refractivity contribution in [3.63, 3.8) is 0 Å². The lowest BCUT2D eigenvalue weighted by Crippen LogP contribution is -2.45. The number of nitrogens with one attached hydrogen (secondary N) is 1. The second-order valence-electron chi connectivity index (χ2n) is 6.15. The molecule has 1 aromatic rings. The Morgan fingerprint density at radius 3 is 2.38 bits per heavy atom. The van der Waals surface area contributed by atoms with E-state index in [0.29, 0.717) is 0 Å². The van der Waals surface area contributed by atoms with E-state index < -0.39 is 0 Å². The van der Waals surface area contributed by atoms with Crippen LogP contribution in [0.4, 0.5) is 4.79 Å². The number of hydrogen-bond donors (Lipinski definition) is 2. The fourth-order valence-electron chi connectivity index (χ4n) is 2.74. The molecule has 1 aliphatic rings. The number of amides is 2. The van der Waals surface area contributed by atoms with Crippen LogP contribution in [0.2, 0.25) is 0 Å². The number of hydrogen-bond acceptors (Lipinski definition) is 2. The van der Waals surface area contributed by atoms with E-state index in [2.05, 4.69) is 36.5 Å². The van der Waals surface area contributed by atoms with E-state index in [-0.39, 0.29) is 24.2 Å². The van der Waals surface area contributed by atoms with Gasteiger partial charge in [-0.15, -0.1) is 0 Å². The van der Waals surface area contributed by atoms with E-state index in [9.17, 15) is 9.90 Å². The van der Waals surface area contributed by atoms with E-state index in [1.54, 1.807) is 4.90 Å². The van der Waals surface area contributed by atoms with Crippen molar-refractivity contribution in [2.24, 2.45) is 0 Å². The number of aliphatic hydroxyl groups is 1. The SMILES string of the molecule is Cc1ccc(C(C)N(C)C(=O)NC2CCC(O)CC2)cc1. The maximum Gasteiger partial charge on any atom is 0.317 e. The highest BCUT2D eigenvalue weighted by atomic mass is 16.3. The normalized spacial score (nSPS) is 23.4. The number of benzene rings is 1. The lowest BCUT2D eigenvalue weighted by Gasteiger charge is -2.31. The monoisotopic (exact) mass is 290 g/mol. The first-order valence-electron chi connectivity index (χ1n) is 7.75. The number of aryl methyl sites for hydroxylation is 1. The summed E-state index contributed by atoms with van der Waals surface area (Å²) in [6.07, 6.45) is 3.09. The molecule has 0 bridgehead atoms. The fourth-order valence-corrected chi connectivity index (χ4v) is 2.74. The minimum atomic E-state index is -0.192. The standard InChI is InChI=1S/C17H26N2O2/c1-12-4-6-14(7-5-12)13(2)19(3)17(21)18-15-8-10-16(20)11-9-15/h4-7,13,15-16,20H,8-11H2,1-3H3,(H,18,21). The number of urea groups is 1. The number of aliphatic hydroxyl groups excluding tert-OH is 1. The molecule has 0 saturated heterocycles. The molecule has 116 valence electrons. The van der Waals surface area contributed by atoms with Crippen LogP contribution < -0.4 is 5.32 Å². The smallest absolute Gasteiger partial charge is 0.317 e. The van der Waals surface area contributed by atoms with Crippen LogP contribution in [-0.4, -0.2) is 35.2 Å². The Hall–Kier alpha value is -1.55. The largest absolute Gasteiger partial charge is 0.393 e. The zero-order valence-corrected chi connectivity index (χ0v) is 13.2. The van der Waals surface area contributed by atoms with Crippen molar-refractivity contribution in [1.29, 1.82) is 0 Å². The molecule has 2 rings (SSSR count). The van der Waals surface area contributed by atoms with E-state index in [4.69, 9.17) is 0 Å². The van der Waals surface area contributed by atoms with Crippen LogP contribution in [0.25, 0.3) is 0 Å². The summed E-state index contributed by atoms with van der Waals surface area (Å²) in [7, 11) is 1.83. The van der Waals surface area contributed by atoms with E-state index in [1.807, 2.05) is 14.0 Å². The average Bonchev–Trinajstić information content (AvgIpc) is 2.49. The van der Waals surface area contributed by atoms with Crippen molar-refractivity contribution in [2.45, 2.75) is 57.7 Å². The Morgan fingerprint density at radius 1 is 1.24 bits per heavy atom. The van der Waals surface area contributed by atoms with Gasteiger partial charge in [-0.25, -0.2) is 4.79 Å². The lowest BCUT2D eigenvalue weighted by molar-refractivity contribution is 0.115. The van der Waals surface area contributed by atoms with Crippen molar-refractivity contribution in [3.05, 3.63) is 35.4 Å². The van der Waals surface area contributed by atoms with Crippen LogP contribution >= 0.6 is 0 Å². The van der Waals surface area contributed by atoms with Gasteiger partial charge in [0.05, 0.1) is 12.1 Å². The van der Waals surface area contributed by atoms with Crippen molar-refractivity contribution in [1.82, 2.24) is 10.2 Å². The Balaban J connectivity index is 1.90. The Kier molecular flexibility index (Phi) is 5.23. The molecular weight excluding hydrogens is 264 g/mol. The highest BCUT2D eigenvalue weighted by Crippen LogP contribution is 2.21. The molecule has 1 fully saturated rings. The van der Waals surface area contributed by atoms with Crippen LogP contribution in [-0.2, 0) is 0 Å². The van der Waals surface area contributed by atoms with Crippen LogP contribution in [0.5, 0.6) is 0 Å². The zero-order valence-electron chi connectivity index (χ0n) is 13.2. The van der Waals surface area contributed by atoms with Crippen molar-refractivity contribution in [2.75, 3.05) is 7.05 Å². The van der Waals surface area contributed by atoms with Crippen molar-refractivity contribution in [3.8, 4) is 0 Å². The summed E-state index contributed by atoms with van der Waals surface area (Å²) in [4.78, 5) is 14.1. The summed E-state index contributed by atoms with van der Waals surface area (Å²) >= 11 is 0. The number of carbonyl (C=O) groups is 1. The zero-order chi connectivity index (χ0) is 15.4. The van der Waals surface area contributed by atoms with Gasteiger partial charge in [-0.3, -0.25) is 0 Å². The Bertz CT molecular complexity index is 464. The first-order valence-corrected chi connectivity index (χ1v) is 7.75. The fraction of sp³-hybridized carbons (Fsp3) is 0.588. The predicted molar refractivity (Wildman–Crippen MR) is 84.2 cm³/mol. The molecule has 1 atom stereocenters. The summed E-state index contributed by atoms with van der Waals surface area (Å²) in [6.45, 7) is 4.09. The van der Waals surface area contributed by atoms with Gasteiger partial charge >= 0.3 is 6.03 Å². The van der Waals surface area contributed by atoms with Crippen molar-refractivity contribution >= 4 is 6.03 Å². The molecule has 1 aromatic carbocycles. The number of rotatable bonds is 3. The quantitative estimate of drug-likeness (QED) is 0.899. The highest BCUT2D eigenvalue weighted by molar-refractivity contribution is 5.74. The molecule has 1 unspecified atom stereocenters. The third-order valence-electron chi connectivity index (χ3n) is 4.49. The Morgan fingerprint density at radius 2 is 1.81 bits per heavy atom. The molecule has 21 heavy (non-hydrogen) atoms. The van der Waals surface area contributed by atoms with Gasteiger partial charge in [0.15, 0.2) is 0 Å². The maximum atomic E-state index is 12.3. The summed E-state index contributed by atoms with van der Waals surface area (Å²) in [6, 6.07) is 8.47. The molecule has 0 aliphatic heterocycles. The van der Waals surface area contributed by atoms with Gasteiger partial charge in [0.2, 0.25) is 0 Å². The lowest BCUT2D eigenvalue weighted by atomic mass is 9.93. The first kappa shape index (κ1) is 15.8. The van der Waals surface area contributed by atoms with E-state index in [1.165, 1.54) is 5.56 Å². The third kappa shape index (κ3) is 4.21. The minimum absolute atomic E-state index is 0.0375. The maximum absolute atomic E-state index is 12.3. The van der Waals surface area contributed by atoms with Crippen molar-refractivity contribution < 1.29 is 9.90 Å². The molecular formula is C17H26N2O2. The first-order chi connectivity index (χ1) is 9.97. The third-order valence-corrected chi connectivity index (χ3v) is 4.49. The summed E-state index contributed by atoms with van der Waals surface area (Å²) in [5.74, 6) is 0. The van der Waals surface area contributed by atoms with Gasteiger partial charge in [0.1, 0.15) is 0 Å². The molecule has 1 saturated carbocycles. The topological polar surface area (TPSA) is 52.6 Å². The van der Waals surface area contributed by atoms with Gasteiger partial charge in [-0.05, 0) is 45.1 Å². The van der Waals surface area contributed by atoms with Crippen LogP contribution in [0.15, 0.2) is 24.3 Å². The molecule has 4 nitrogen and oxygen atoms in total. The van der Waals surface area contributed by atoms with Crippen LogP contribution in [0.3, 0.4) is 0 Å².